The molecule has 170 valence electrons. The lowest BCUT2D eigenvalue weighted by molar-refractivity contribution is -0.137. The van der Waals surface area contributed by atoms with Gasteiger partial charge in [-0.25, -0.2) is 9.97 Å². The zero-order valence-electron chi connectivity index (χ0n) is 17.9. The summed E-state index contributed by atoms with van der Waals surface area (Å²) >= 11 is 0. The number of benzene rings is 2. The van der Waals surface area contributed by atoms with Crippen LogP contribution in [0.5, 0.6) is 11.5 Å². The van der Waals surface area contributed by atoms with Crippen LogP contribution in [-0.2, 0) is 6.18 Å². The highest BCUT2D eigenvalue weighted by Crippen LogP contribution is 2.37. The maximum atomic E-state index is 13.2. The van der Waals surface area contributed by atoms with E-state index in [-0.39, 0.29) is 5.69 Å². The fraction of sp³-hybridized carbons (Fsp3) is 0.391. The Morgan fingerprint density at radius 2 is 1.66 bits per heavy atom. The van der Waals surface area contributed by atoms with Gasteiger partial charge in [0, 0.05) is 17.1 Å². The van der Waals surface area contributed by atoms with E-state index in [9.17, 15) is 13.2 Å². The average Bonchev–Trinajstić information content (AvgIpc) is 2.83. The topological polar surface area (TPSA) is 82.3 Å². The molecule has 0 saturated carbocycles. The summed E-state index contributed by atoms with van der Waals surface area (Å²) in [6.07, 6.45) is -1.57. The van der Waals surface area contributed by atoms with E-state index in [1.807, 2.05) is 12.1 Å². The largest absolute Gasteiger partial charge is 0.490 e. The molecule has 0 saturated heterocycles. The summed E-state index contributed by atoms with van der Waals surface area (Å²) in [5.74, 6) is 2.26. The first-order valence-electron chi connectivity index (χ1n) is 10.5. The van der Waals surface area contributed by atoms with Crippen molar-refractivity contribution in [3.8, 4) is 11.5 Å². The molecule has 0 unspecified atom stereocenters. The van der Waals surface area contributed by atoms with E-state index < -0.39 is 17.8 Å². The van der Waals surface area contributed by atoms with Crippen LogP contribution >= 0.6 is 0 Å². The van der Waals surface area contributed by atoms with Crippen molar-refractivity contribution in [1.82, 2.24) is 9.97 Å². The Kier molecular flexibility index (Phi) is 5.99. The fourth-order valence-electron chi connectivity index (χ4n) is 3.71. The summed E-state index contributed by atoms with van der Waals surface area (Å²) in [5, 5.41) is 3.92. The highest BCUT2D eigenvalue weighted by atomic mass is 19.4. The van der Waals surface area contributed by atoms with Crippen LogP contribution in [0.2, 0.25) is 0 Å². The van der Waals surface area contributed by atoms with Gasteiger partial charge in [0.2, 0.25) is 0 Å². The lowest BCUT2D eigenvalue weighted by atomic mass is 10.0. The smallest absolute Gasteiger partial charge is 0.416 e. The van der Waals surface area contributed by atoms with Gasteiger partial charge >= 0.3 is 6.18 Å². The summed E-state index contributed by atoms with van der Waals surface area (Å²) in [6, 6.07) is 6.71. The van der Waals surface area contributed by atoms with Crippen molar-refractivity contribution in [1.29, 1.82) is 0 Å². The molecule has 0 radical (unpaired) electrons. The third-order valence-electron chi connectivity index (χ3n) is 5.34. The number of fused-ring (bicyclic) bond motifs is 2. The second-order valence-electron chi connectivity index (χ2n) is 7.95. The number of aryl methyl sites for hydroxylation is 1. The Hall–Kier alpha value is -3.23. The summed E-state index contributed by atoms with van der Waals surface area (Å²) in [5.41, 5.74) is 6.07. The molecule has 0 spiro atoms. The van der Waals surface area contributed by atoms with Gasteiger partial charge in [-0.2, -0.15) is 13.2 Å². The minimum atomic E-state index is -4.48. The predicted molar refractivity (Wildman–Crippen MR) is 117 cm³/mol. The SMILES string of the molecule is Cc1nc(N[C@H](C)c2cc(N)cc(C(F)(F)F)c2)c2cc3c(cc2n1)OCCCCCO3. The molecule has 2 heterocycles. The number of aromatic nitrogens is 2. The van der Waals surface area contributed by atoms with Crippen molar-refractivity contribution in [2.45, 2.75) is 45.3 Å². The van der Waals surface area contributed by atoms with Gasteiger partial charge in [0.15, 0.2) is 11.5 Å². The Labute approximate surface area is 184 Å². The van der Waals surface area contributed by atoms with Crippen molar-refractivity contribution in [3.05, 3.63) is 47.3 Å². The van der Waals surface area contributed by atoms with E-state index in [4.69, 9.17) is 15.2 Å². The zero-order valence-corrected chi connectivity index (χ0v) is 17.9. The molecule has 0 bridgehead atoms. The van der Waals surface area contributed by atoms with Crippen LogP contribution in [0.3, 0.4) is 0 Å². The lowest BCUT2D eigenvalue weighted by Crippen LogP contribution is -2.13. The number of hydrogen-bond acceptors (Lipinski definition) is 6. The number of halogens is 3. The van der Waals surface area contributed by atoms with Crippen LogP contribution in [0.4, 0.5) is 24.7 Å². The first-order chi connectivity index (χ1) is 15.2. The molecule has 4 rings (SSSR count). The van der Waals surface area contributed by atoms with Gasteiger partial charge in [0.1, 0.15) is 11.6 Å². The molecule has 32 heavy (non-hydrogen) atoms. The molecular weight excluding hydrogens is 421 g/mol. The Morgan fingerprint density at radius 1 is 0.969 bits per heavy atom. The summed E-state index contributed by atoms with van der Waals surface area (Å²) in [6.45, 7) is 4.70. The maximum absolute atomic E-state index is 13.2. The Balaban J connectivity index is 1.72. The second kappa shape index (κ2) is 8.72. The van der Waals surface area contributed by atoms with E-state index in [1.165, 1.54) is 6.07 Å². The molecule has 1 aliphatic rings. The van der Waals surface area contributed by atoms with Crippen LogP contribution < -0.4 is 20.5 Å². The van der Waals surface area contributed by atoms with Gasteiger partial charge in [0.05, 0.1) is 30.3 Å². The van der Waals surface area contributed by atoms with E-state index in [2.05, 4.69) is 15.3 Å². The molecule has 9 heteroatoms. The predicted octanol–water partition coefficient (Wildman–Crippen LogP) is 5.65. The molecule has 1 aromatic heterocycles. The van der Waals surface area contributed by atoms with Gasteiger partial charge < -0.3 is 20.5 Å². The summed E-state index contributed by atoms with van der Waals surface area (Å²) in [4.78, 5) is 9.00. The van der Waals surface area contributed by atoms with Crippen molar-refractivity contribution in [3.63, 3.8) is 0 Å². The van der Waals surface area contributed by atoms with Crippen LogP contribution in [-0.4, -0.2) is 23.2 Å². The second-order valence-corrected chi connectivity index (χ2v) is 7.95. The van der Waals surface area contributed by atoms with Crippen molar-refractivity contribution in [2.75, 3.05) is 24.3 Å². The maximum Gasteiger partial charge on any atom is 0.416 e. The zero-order chi connectivity index (χ0) is 22.9. The fourth-order valence-corrected chi connectivity index (χ4v) is 3.71. The molecule has 1 aliphatic heterocycles. The molecule has 3 aromatic rings. The monoisotopic (exact) mass is 446 g/mol. The molecule has 1 atom stereocenters. The number of nitrogens with zero attached hydrogens (tertiary/aromatic N) is 2. The van der Waals surface area contributed by atoms with Crippen molar-refractivity contribution < 1.29 is 22.6 Å². The number of ether oxygens (including phenoxy) is 2. The number of nitrogens with one attached hydrogen (secondary N) is 1. The quantitative estimate of drug-likeness (QED) is 0.506. The Bertz CT molecular complexity index is 1130. The van der Waals surface area contributed by atoms with Gasteiger partial charge in [-0.15, -0.1) is 0 Å². The number of hydrogen-bond donors (Lipinski definition) is 2. The van der Waals surface area contributed by atoms with Crippen LogP contribution in [0.15, 0.2) is 30.3 Å². The van der Waals surface area contributed by atoms with Crippen LogP contribution in [0, 0.1) is 6.92 Å². The Morgan fingerprint density at radius 3 is 2.34 bits per heavy atom. The first-order valence-corrected chi connectivity index (χ1v) is 10.5. The third-order valence-corrected chi connectivity index (χ3v) is 5.34. The number of nitrogen functional groups attached to an aromatic ring is 1. The lowest BCUT2D eigenvalue weighted by Gasteiger charge is -2.20. The standard InChI is InChI=1S/C23H25F3N4O2/c1-13(15-8-16(23(24,25)26)10-17(27)9-15)28-22-18-11-20-21(12-19(18)29-14(2)30-22)32-7-5-3-4-6-31-20/h8-13H,3-7,27H2,1-2H3,(H,28,29,30)/t13-/m1/s1. The van der Waals surface area contributed by atoms with E-state index in [0.29, 0.717) is 52.8 Å². The number of rotatable bonds is 3. The van der Waals surface area contributed by atoms with Crippen molar-refractivity contribution in [2.24, 2.45) is 0 Å². The average molecular weight is 446 g/mol. The van der Waals surface area contributed by atoms with Gasteiger partial charge in [-0.1, -0.05) is 0 Å². The van der Waals surface area contributed by atoms with Gasteiger partial charge in [0.25, 0.3) is 0 Å². The van der Waals surface area contributed by atoms with Gasteiger partial charge in [-0.05, 0) is 62.9 Å². The van der Waals surface area contributed by atoms with Crippen molar-refractivity contribution >= 4 is 22.4 Å². The number of alkyl halides is 3. The minimum Gasteiger partial charge on any atom is -0.490 e. The summed E-state index contributed by atoms with van der Waals surface area (Å²) < 4.78 is 51.5. The van der Waals surface area contributed by atoms with Crippen LogP contribution in [0.1, 0.15) is 49.2 Å². The molecular formula is C23H25F3N4O2. The van der Waals surface area contributed by atoms with Crippen LogP contribution in [0.25, 0.3) is 10.9 Å². The summed E-state index contributed by atoms with van der Waals surface area (Å²) in [7, 11) is 0. The highest BCUT2D eigenvalue weighted by Gasteiger charge is 2.31. The minimum absolute atomic E-state index is 0.0511. The highest BCUT2D eigenvalue weighted by molar-refractivity contribution is 5.92. The molecule has 6 nitrogen and oxygen atoms in total. The number of nitrogens with two attached hydrogens (primary N) is 1. The normalized spacial score (nSPS) is 15.5. The first kappa shape index (κ1) is 22.0. The van der Waals surface area contributed by atoms with E-state index in [0.717, 1.165) is 31.4 Å². The molecule has 0 aliphatic carbocycles. The van der Waals surface area contributed by atoms with E-state index >= 15 is 0 Å². The molecule has 0 fully saturated rings. The molecule has 2 aromatic carbocycles. The molecule has 0 amide bonds. The van der Waals surface area contributed by atoms with Gasteiger partial charge in [-0.3, -0.25) is 0 Å². The molecule has 3 N–H and O–H groups in total. The van der Waals surface area contributed by atoms with E-state index in [1.54, 1.807) is 13.8 Å². The number of anilines is 2. The third kappa shape index (κ3) is 4.81.